The molecular formula is C58H111NO5. The van der Waals surface area contributed by atoms with Gasteiger partial charge in [0.25, 0.3) is 0 Å². The molecule has 0 aromatic heterocycles. The number of ether oxygens (including phenoxy) is 1. The molecule has 0 aliphatic carbocycles. The van der Waals surface area contributed by atoms with Crippen LogP contribution >= 0.6 is 0 Å². The van der Waals surface area contributed by atoms with Crippen LogP contribution in [-0.2, 0) is 14.3 Å². The van der Waals surface area contributed by atoms with Crippen molar-refractivity contribution in [2.75, 3.05) is 13.2 Å². The highest BCUT2D eigenvalue weighted by Gasteiger charge is 2.20. The van der Waals surface area contributed by atoms with Crippen molar-refractivity contribution in [3.8, 4) is 0 Å². The predicted molar refractivity (Wildman–Crippen MR) is 278 cm³/mol. The number of aliphatic hydroxyl groups excluding tert-OH is 2. The smallest absolute Gasteiger partial charge is 0.305 e. The van der Waals surface area contributed by atoms with Crippen molar-refractivity contribution in [3.05, 3.63) is 24.3 Å². The van der Waals surface area contributed by atoms with Crippen molar-refractivity contribution in [3.63, 3.8) is 0 Å². The third-order valence-electron chi connectivity index (χ3n) is 13.2. The summed E-state index contributed by atoms with van der Waals surface area (Å²) in [5, 5.41) is 23.3. The summed E-state index contributed by atoms with van der Waals surface area (Å²) in [6.07, 6.45) is 64.5. The van der Waals surface area contributed by atoms with E-state index in [-0.39, 0.29) is 18.5 Å². The molecule has 0 rings (SSSR count). The summed E-state index contributed by atoms with van der Waals surface area (Å²) in [5.74, 6) is -0.107. The predicted octanol–water partition coefficient (Wildman–Crippen LogP) is 17.5. The van der Waals surface area contributed by atoms with E-state index in [0.717, 1.165) is 77.0 Å². The van der Waals surface area contributed by atoms with E-state index in [0.29, 0.717) is 25.9 Å². The normalized spacial score (nSPS) is 12.8. The molecule has 0 bridgehead atoms. The maximum atomic E-state index is 12.5. The molecule has 0 saturated heterocycles. The second-order valence-corrected chi connectivity index (χ2v) is 19.6. The van der Waals surface area contributed by atoms with Crippen LogP contribution in [0.4, 0.5) is 0 Å². The molecule has 0 aliphatic heterocycles. The van der Waals surface area contributed by atoms with E-state index in [9.17, 15) is 19.8 Å². The van der Waals surface area contributed by atoms with Gasteiger partial charge in [-0.25, -0.2) is 0 Å². The van der Waals surface area contributed by atoms with Gasteiger partial charge in [-0.15, -0.1) is 0 Å². The van der Waals surface area contributed by atoms with Gasteiger partial charge in [0, 0.05) is 12.8 Å². The number of amides is 1. The molecule has 6 heteroatoms. The number of rotatable bonds is 53. The van der Waals surface area contributed by atoms with Crippen molar-refractivity contribution in [1.82, 2.24) is 5.32 Å². The number of nitrogens with one attached hydrogen (secondary N) is 1. The minimum absolute atomic E-state index is 0.0386. The van der Waals surface area contributed by atoms with Crippen LogP contribution in [0.3, 0.4) is 0 Å². The van der Waals surface area contributed by atoms with Crippen LogP contribution in [0.25, 0.3) is 0 Å². The highest BCUT2D eigenvalue weighted by atomic mass is 16.5. The largest absolute Gasteiger partial charge is 0.466 e. The Hall–Kier alpha value is -1.66. The second kappa shape index (κ2) is 54.0. The number of unbranched alkanes of at least 4 members (excludes halogenated alkanes) is 38. The van der Waals surface area contributed by atoms with Crippen LogP contribution in [0.15, 0.2) is 24.3 Å². The summed E-state index contributed by atoms with van der Waals surface area (Å²) in [4.78, 5) is 24.5. The Balaban J connectivity index is 3.51. The molecule has 0 aromatic rings. The monoisotopic (exact) mass is 902 g/mol. The molecule has 0 saturated carbocycles. The maximum Gasteiger partial charge on any atom is 0.305 e. The third kappa shape index (κ3) is 49.8. The second-order valence-electron chi connectivity index (χ2n) is 19.6. The highest BCUT2D eigenvalue weighted by Crippen LogP contribution is 2.17. The maximum absolute atomic E-state index is 12.5. The Bertz CT molecular complexity index is 997. The van der Waals surface area contributed by atoms with Crippen molar-refractivity contribution in [2.24, 2.45) is 0 Å². The molecule has 0 heterocycles. The number of aliphatic hydroxyl groups is 2. The first-order chi connectivity index (χ1) is 31.5. The van der Waals surface area contributed by atoms with Crippen molar-refractivity contribution in [2.45, 2.75) is 321 Å². The molecule has 2 atom stereocenters. The minimum atomic E-state index is -0.687. The first kappa shape index (κ1) is 62.3. The lowest BCUT2D eigenvalue weighted by molar-refractivity contribution is -0.143. The van der Waals surface area contributed by atoms with Gasteiger partial charge in [0.15, 0.2) is 0 Å². The average Bonchev–Trinajstić information content (AvgIpc) is 3.29. The Kier molecular flexibility index (Phi) is 52.6. The van der Waals surface area contributed by atoms with Crippen molar-refractivity contribution < 1.29 is 24.5 Å². The van der Waals surface area contributed by atoms with Crippen LogP contribution in [0.1, 0.15) is 309 Å². The Labute approximate surface area is 399 Å². The van der Waals surface area contributed by atoms with Crippen molar-refractivity contribution in [1.29, 1.82) is 0 Å². The van der Waals surface area contributed by atoms with Crippen LogP contribution in [-0.4, -0.2) is 47.4 Å². The van der Waals surface area contributed by atoms with Gasteiger partial charge in [0.05, 0.1) is 25.4 Å². The fourth-order valence-corrected chi connectivity index (χ4v) is 8.81. The summed E-state index contributed by atoms with van der Waals surface area (Å²) in [5.41, 5.74) is 0. The summed E-state index contributed by atoms with van der Waals surface area (Å²) in [6.45, 7) is 4.88. The zero-order valence-electron chi connectivity index (χ0n) is 43.0. The number of esters is 1. The van der Waals surface area contributed by atoms with Gasteiger partial charge in [-0.1, -0.05) is 244 Å². The van der Waals surface area contributed by atoms with E-state index in [1.165, 1.54) is 199 Å². The molecule has 3 N–H and O–H groups in total. The van der Waals surface area contributed by atoms with Gasteiger partial charge in [0.2, 0.25) is 5.91 Å². The van der Waals surface area contributed by atoms with Crippen LogP contribution in [0, 0.1) is 0 Å². The molecule has 0 aromatic carbocycles. The molecule has 0 fully saturated rings. The quantitative estimate of drug-likeness (QED) is 0.0321. The summed E-state index contributed by atoms with van der Waals surface area (Å²) in [7, 11) is 0. The lowest BCUT2D eigenvalue weighted by atomic mass is 10.0. The van der Waals surface area contributed by atoms with Crippen LogP contribution in [0.5, 0.6) is 0 Å². The summed E-state index contributed by atoms with van der Waals surface area (Å²) in [6, 6.07) is -0.567. The van der Waals surface area contributed by atoms with Gasteiger partial charge in [-0.05, 0) is 77.0 Å². The summed E-state index contributed by atoms with van der Waals surface area (Å²) >= 11 is 0. The van der Waals surface area contributed by atoms with E-state index in [2.05, 4.69) is 43.5 Å². The van der Waals surface area contributed by atoms with E-state index in [1.807, 2.05) is 0 Å². The minimum Gasteiger partial charge on any atom is -0.466 e. The number of hydrogen-bond acceptors (Lipinski definition) is 5. The van der Waals surface area contributed by atoms with Gasteiger partial charge in [0.1, 0.15) is 0 Å². The Morgan fingerprint density at radius 3 is 1.11 bits per heavy atom. The van der Waals surface area contributed by atoms with Gasteiger partial charge >= 0.3 is 5.97 Å². The molecule has 64 heavy (non-hydrogen) atoms. The number of carbonyl (C=O) groups is 2. The zero-order valence-corrected chi connectivity index (χ0v) is 43.0. The third-order valence-corrected chi connectivity index (χ3v) is 13.2. The first-order valence-electron chi connectivity index (χ1n) is 28.6. The molecule has 0 spiro atoms. The van der Waals surface area contributed by atoms with Crippen molar-refractivity contribution >= 4 is 11.9 Å². The van der Waals surface area contributed by atoms with Gasteiger partial charge in [-0.3, -0.25) is 9.59 Å². The average molecular weight is 903 g/mol. The molecule has 6 nitrogen and oxygen atoms in total. The number of allylic oxidation sites excluding steroid dienone is 4. The standard InChI is InChI=1S/C58H111NO5/c1-3-5-7-9-11-13-15-17-19-21-23-24-26-28-30-34-38-42-46-50-56(61)55(54-60)59-57(62)51-47-43-39-35-32-33-37-41-45-49-53-64-58(63)52-48-44-40-36-31-29-27-25-22-20-18-16-14-12-10-8-6-4-2/h20,22,33,37,55-56,60-61H,3-19,21,23-32,34-36,38-54H2,1-2H3,(H,59,62)/b22-20-,37-33-. The molecular weight excluding hydrogens is 791 g/mol. The topological polar surface area (TPSA) is 95.9 Å². The van der Waals surface area contributed by atoms with Crippen LogP contribution < -0.4 is 5.32 Å². The fourth-order valence-electron chi connectivity index (χ4n) is 8.81. The Morgan fingerprint density at radius 1 is 0.422 bits per heavy atom. The van der Waals surface area contributed by atoms with Gasteiger partial charge in [-0.2, -0.15) is 0 Å². The molecule has 0 aliphatic rings. The van der Waals surface area contributed by atoms with Crippen LogP contribution in [0.2, 0.25) is 0 Å². The van der Waals surface area contributed by atoms with E-state index in [4.69, 9.17) is 4.74 Å². The van der Waals surface area contributed by atoms with Gasteiger partial charge < -0.3 is 20.3 Å². The number of hydrogen-bond donors (Lipinski definition) is 3. The van der Waals surface area contributed by atoms with E-state index < -0.39 is 12.1 Å². The Morgan fingerprint density at radius 2 is 0.734 bits per heavy atom. The lowest BCUT2D eigenvalue weighted by Gasteiger charge is -2.22. The highest BCUT2D eigenvalue weighted by molar-refractivity contribution is 5.76. The van der Waals surface area contributed by atoms with E-state index in [1.54, 1.807) is 0 Å². The molecule has 378 valence electrons. The number of carbonyl (C=O) groups excluding carboxylic acids is 2. The fraction of sp³-hybridized carbons (Fsp3) is 0.897. The zero-order chi connectivity index (χ0) is 46.5. The summed E-state index contributed by atoms with van der Waals surface area (Å²) < 4.78 is 5.45. The molecule has 0 radical (unpaired) electrons. The lowest BCUT2D eigenvalue weighted by Crippen LogP contribution is -2.45. The molecule has 1 amide bonds. The first-order valence-corrected chi connectivity index (χ1v) is 28.6. The van der Waals surface area contributed by atoms with E-state index >= 15 is 0 Å². The molecule has 2 unspecified atom stereocenters. The SMILES string of the molecule is CCCCCCCCC/C=C\CCCCCCCCCC(=O)OCCCC/C=C\CCCCCCC(=O)NC(CO)C(O)CCCCCCCCCCCCCCCCCCCCC.